The molecule has 6 heteroatoms. The second-order valence-electron chi connectivity index (χ2n) is 4.92. The minimum absolute atomic E-state index is 0.252. The lowest BCUT2D eigenvalue weighted by Crippen LogP contribution is -2.18. The molecule has 0 atom stereocenters. The topological polar surface area (TPSA) is 71.1 Å². The number of ether oxygens (including phenoxy) is 4. The molecule has 0 N–H and O–H groups in total. The summed E-state index contributed by atoms with van der Waals surface area (Å²) < 4.78 is 20.8. The fraction of sp³-hybridized carbons (Fsp3) is 0.263. The minimum atomic E-state index is -0.574. The summed E-state index contributed by atoms with van der Waals surface area (Å²) in [5.41, 5.74) is 0.319. The molecule has 25 heavy (non-hydrogen) atoms. The number of carbonyl (C=O) groups excluding carboxylic acids is 2. The molecule has 6 nitrogen and oxygen atoms in total. The van der Waals surface area contributed by atoms with Crippen molar-refractivity contribution in [2.75, 3.05) is 19.8 Å². The minimum Gasteiger partial charge on any atom is -0.494 e. The van der Waals surface area contributed by atoms with Crippen molar-refractivity contribution in [1.29, 1.82) is 0 Å². The van der Waals surface area contributed by atoms with E-state index in [0.29, 0.717) is 17.9 Å². The van der Waals surface area contributed by atoms with Gasteiger partial charge in [0.1, 0.15) is 17.2 Å². The van der Waals surface area contributed by atoms with Crippen LogP contribution in [-0.2, 0) is 9.53 Å². The third kappa shape index (κ3) is 5.84. The van der Waals surface area contributed by atoms with Gasteiger partial charge in [-0.25, -0.2) is 9.59 Å². The van der Waals surface area contributed by atoms with Gasteiger partial charge in [-0.3, -0.25) is 0 Å². The van der Waals surface area contributed by atoms with Crippen LogP contribution in [0.25, 0.3) is 0 Å². The van der Waals surface area contributed by atoms with Crippen LogP contribution in [0.2, 0.25) is 0 Å². The molecule has 0 spiro atoms. The van der Waals surface area contributed by atoms with E-state index in [1.807, 2.05) is 6.92 Å². The number of rotatable bonds is 8. The zero-order valence-electron chi connectivity index (χ0n) is 14.2. The lowest BCUT2D eigenvalue weighted by molar-refractivity contribution is -0.136. The molecule has 0 saturated heterocycles. The molecule has 0 heterocycles. The summed E-state index contributed by atoms with van der Waals surface area (Å²) in [5, 5.41) is 0. The smallest absolute Gasteiger partial charge is 0.349 e. The highest BCUT2D eigenvalue weighted by Gasteiger charge is 2.10. The summed E-state index contributed by atoms with van der Waals surface area (Å²) >= 11 is 0. The van der Waals surface area contributed by atoms with E-state index in [2.05, 4.69) is 0 Å². The Balaban J connectivity index is 1.87. The quantitative estimate of drug-likeness (QED) is 0.541. The zero-order chi connectivity index (χ0) is 18.1. The molecular formula is C19H20O6. The lowest BCUT2D eigenvalue weighted by atomic mass is 10.2. The monoisotopic (exact) mass is 344 g/mol. The molecule has 2 aromatic rings. The molecule has 0 aliphatic rings. The Kier molecular flexibility index (Phi) is 6.83. The van der Waals surface area contributed by atoms with E-state index in [9.17, 15) is 9.59 Å². The first kappa shape index (κ1) is 18.3. The van der Waals surface area contributed by atoms with Gasteiger partial charge in [-0.2, -0.15) is 0 Å². The van der Waals surface area contributed by atoms with Crippen molar-refractivity contribution in [3.8, 4) is 17.2 Å². The Bertz CT molecular complexity index is 708. The van der Waals surface area contributed by atoms with Crippen molar-refractivity contribution in [1.82, 2.24) is 0 Å². The highest BCUT2D eigenvalue weighted by molar-refractivity contribution is 5.90. The van der Waals surface area contributed by atoms with Crippen molar-refractivity contribution in [3.63, 3.8) is 0 Å². The molecule has 0 aromatic heterocycles. The first-order valence-electron chi connectivity index (χ1n) is 7.96. The van der Waals surface area contributed by atoms with Gasteiger partial charge in [0.15, 0.2) is 6.61 Å². The molecule has 132 valence electrons. The van der Waals surface area contributed by atoms with E-state index in [4.69, 9.17) is 18.9 Å². The number of carbonyl (C=O) groups is 2. The molecule has 0 fully saturated rings. The normalized spacial score (nSPS) is 10.0. The summed E-state index contributed by atoms with van der Waals surface area (Å²) in [6.07, 6.45) is 0. The van der Waals surface area contributed by atoms with Gasteiger partial charge < -0.3 is 18.9 Å². The van der Waals surface area contributed by atoms with Crippen LogP contribution in [0.1, 0.15) is 24.2 Å². The van der Waals surface area contributed by atoms with Crippen LogP contribution < -0.4 is 14.2 Å². The molecule has 0 radical (unpaired) electrons. The molecule has 0 unspecified atom stereocenters. The molecule has 0 aliphatic heterocycles. The fourth-order valence-corrected chi connectivity index (χ4v) is 2.00. The van der Waals surface area contributed by atoms with E-state index < -0.39 is 11.9 Å². The van der Waals surface area contributed by atoms with Gasteiger partial charge in [0, 0.05) is 0 Å². The van der Waals surface area contributed by atoms with Gasteiger partial charge in [-0.1, -0.05) is 6.07 Å². The predicted molar refractivity (Wildman–Crippen MR) is 91.1 cm³/mol. The molecular weight excluding hydrogens is 324 g/mol. The third-order valence-corrected chi connectivity index (χ3v) is 3.07. The van der Waals surface area contributed by atoms with Gasteiger partial charge in [-0.15, -0.1) is 0 Å². The summed E-state index contributed by atoms with van der Waals surface area (Å²) in [6.45, 7) is 4.23. The number of hydrogen-bond acceptors (Lipinski definition) is 6. The standard InChI is InChI=1S/C19H20O6/c1-3-22-15-8-10-16(11-9-15)24-13-18(20)25-17-7-5-6-14(12-17)19(21)23-4-2/h5-12H,3-4,13H2,1-2H3. The lowest BCUT2D eigenvalue weighted by Gasteiger charge is -2.09. The van der Waals surface area contributed by atoms with Crippen molar-refractivity contribution in [2.24, 2.45) is 0 Å². The van der Waals surface area contributed by atoms with E-state index in [0.717, 1.165) is 5.75 Å². The Morgan fingerprint density at radius 1 is 0.840 bits per heavy atom. The highest BCUT2D eigenvalue weighted by Crippen LogP contribution is 2.18. The average Bonchev–Trinajstić information content (AvgIpc) is 2.62. The number of esters is 2. The Morgan fingerprint density at radius 2 is 1.52 bits per heavy atom. The largest absolute Gasteiger partial charge is 0.494 e. The van der Waals surface area contributed by atoms with Gasteiger partial charge >= 0.3 is 11.9 Å². The maximum Gasteiger partial charge on any atom is 0.349 e. The molecule has 2 aromatic carbocycles. The van der Waals surface area contributed by atoms with Gasteiger partial charge in [0.05, 0.1) is 18.8 Å². The second-order valence-corrected chi connectivity index (χ2v) is 4.92. The van der Waals surface area contributed by atoms with Gasteiger partial charge in [0.25, 0.3) is 0 Å². The molecule has 0 saturated carbocycles. The number of hydrogen-bond donors (Lipinski definition) is 0. The Labute approximate surface area is 146 Å². The SMILES string of the molecule is CCOC(=O)c1cccc(OC(=O)COc2ccc(OCC)cc2)c1. The maximum atomic E-state index is 11.9. The van der Waals surface area contributed by atoms with E-state index in [1.165, 1.54) is 6.07 Å². The zero-order valence-corrected chi connectivity index (χ0v) is 14.2. The maximum absolute atomic E-state index is 11.9. The van der Waals surface area contributed by atoms with Crippen LogP contribution in [0.15, 0.2) is 48.5 Å². The summed E-state index contributed by atoms with van der Waals surface area (Å²) in [7, 11) is 0. The van der Waals surface area contributed by atoms with Crippen LogP contribution in [0, 0.1) is 0 Å². The van der Waals surface area contributed by atoms with Crippen LogP contribution in [0.5, 0.6) is 17.2 Å². The van der Waals surface area contributed by atoms with Crippen LogP contribution in [-0.4, -0.2) is 31.8 Å². The van der Waals surface area contributed by atoms with Crippen LogP contribution in [0.3, 0.4) is 0 Å². The van der Waals surface area contributed by atoms with E-state index in [1.54, 1.807) is 49.4 Å². The van der Waals surface area contributed by atoms with Crippen molar-refractivity contribution in [2.45, 2.75) is 13.8 Å². The van der Waals surface area contributed by atoms with E-state index >= 15 is 0 Å². The highest BCUT2D eigenvalue weighted by atomic mass is 16.6. The Hall–Kier alpha value is -3.02. The first-order chi connectivity index (χ1) is 12.1. The predicted octanol–water partition coefficient (Wildman–Crippen LogP) is 3.25. The van der Waals surface area contributed by atoms with Gasteiger partial charge in [-0.05, 0) is 56.3 Å². The van der Waals surface area contributed by atoms with Crippen molar-refractivity contribution < 1.29 is 28.5 Å². The average molecular weight is 344 g/mol. The fourth-order valence-electron chi connectivity index (χ4n) is 2.00. The Morgan fingerprint density at radius 3 is 2.16 bits per heavy atom. The molecule has 0 amide bonds. The summed E-state index contributed by atoms with van der Waals surface area (Å²) in [5.74, 6) is 0.473. The molecule has 0 bridgehead atoms. The second kappa shape index (κ2) is 9.32. The van der Waals surface area contributed by atoms with Crippen molar-refractivity contribution in [3.05, 3.63) is 54.1 Å². The number of benzene rings is 2. The summed E-state index contributed by atoms with van der Waals surface area (Å²) in [4.78, 5) is 23.5. The van der Waals surface area contributed by atoms with Crippen LogP contribution >= 0.6 is 0 Å². The van der Waals surface area contributed by atoms with Gasteiger partial charge in [0.2, 0.25) is 0 Å². The summed E-state index contributed by atoms with van der Waals surface area (Å²) in [6, 6.07) is 13.2. The third-order valence-electron chi connectivity index (χ3n) is 3.07. The molecule has 0 aliphatic carbocycles. The molecule has 2 rings (SSSR count). The van der Waals surface area contributed by atoms with E-state index in [-0.39, 0.29) is 19.0 Å². The van der Waals surface area contributed by atoms with Crippen molar-refractivity contribution >= 4 is 11.9 Å². The first-order valence-corrected chi connectivity index (χ1v) is 7.96. The van der Waals surface area contributed by atoms with Crippen LogP contribution in [0.4, 0.5) is 0 Å².